The fraction of sp³-hybridized carbons (Fsp3) is 0.143. The number of hydrogen-bond acceptors (Lipinski definition) is 12. The molecule has 0 aliphatic carbocycles. The van der Waals surface area contributed by atoms with Crippen LogP contribution in [0.3, 0.4) is 0 Å². The summed E-state index contributed by atoms with van der Waals surface area (Å²) in [5.41, 5.74) is 0.850. The van der Waals surface area contributed by atoms with Crippen LogP contribution in [0.2, 0.25) is 0 Å². The van der Waals surface area contributed by atoms with Gasteiger partial charge in [0.2, 0.25) is 0 Å². The van der Waals surface area contributed by atoms with Gasteiger partial charge in [0.1, 0.15) is 0 Å². The first-order chi connectivity index (χ1) is 13.8. The quantitative estimate of drug-likeness (QED) is 0.262. The second-order valence-corrected chi connectivity index (χ2v) is 9.74. The molecule has 31 heavy (non-hydrogen) atoms. The minimum atomic E-state index is -3.90. The van der Waals surface area contributed by atoms with Gasteiger partial charge < -0.3 is 9.11 Å². The molecule has 0 saturated heterocycles. The van der Waals surface area contributed by atoms with Gasteiger partial charge in [0.15, 0.2) is 0 Å². The fourth-order valence-electron chi connectivity index (χ4n) is 1.71. The van der Waals surface area contributed by atoms with Gasteiger partial charge in [-0.25, -0.2) is 8.42 Å². The third-order valence-corrected chi connectivity index (χ3v) is 4.42. The van der Waals surface area contributed by atoms with E-state index in [1.165, 1.54) is 48.5 Å². The molecular formula is C14H12N2NiO10S4. The van der Waals surface area contributed by atoms with Gasteiger partial charge >= 0.3 is 16.5 Å². The zero-order valence-corrected chi connectivity index (χ0v) is 19.2. The first-order valence-corrected chi connectivity index (χ1v) is 12.1. The van der Waals surface area contributed by atoms with Crippen molar-refractivity contribution in [2.75, 3.05) is 0 Å². The number of nitrogens with zero attached hydrogens (tertiary/aromatic N) is 2. The Labute approximate surface area is 196 Å². The first-order valence-electron chi connectivity index (χ1n) is 7.44. The summed E-state index contributed by atoms with van der Waals surface area (Å²) in [5.74, 6) is 0. The van der Waals surface area contributed by atoms with Crippen molar-refractivity contribution in [2.24, 2.45) is 0 Å². The average molecular weight is 555 g/mol. The van der Waals surface area contributed by atoms with Crippen molar-refractivity contribution >= 4 is 51.9 Å². The van der Waals surface area contributed by atoms with Gasteiger partial charge in [-0.05, 0) is 57.8 Å². The van der Waals surface area contributed by atoms with E-state index in [1.807, 2.05) is 0 Å². The van der Waals surface area contributed by atoms with Crippen LogP contribution in [0, 0.1) is 20.2 Å². The summed E-state index contributed by atoms with van der Waals surface area (Å²) in [7, 11) is -7.80. The molecule has 0 N–H and O–H groups in total. The molecule has 2 aromatic carbocycles. The Bertz CT molecular complexity index is 1000. The minimum absolute atomic E-state index is 0. The molecule has 0 heterocycles. The Morgan fingerprint density at radius 2 is 0.968 bits per heavy atom. The van der Waals surface area contributed by atoms with E-state index in [9.17, 15) is 37.8 Å². The second kappa shape index (κ2) is 13.0. The van der Waals surface area contributed by atoms with Gasteiger partial charge in [0, 0.05) is 24.3 Å². The van der Waals surface area contributed by atoms with Crippen LogP contribution < -0.4 is 0 Å². The van der Waals surface area contributed by atoms with E-state index in [2.05, 4.69) is 30.7 Å². The number of hydrogen-bond donors (Lipinski definition) is 0. The van der Waals surface area contributed by atoms with E-state index in [0.717, 1.165) is 0 Å². The maximum absolute atomic E-state index is 10.5. The van der Waals surface area contributed by atoms with Crippen molar-refractivity contribution in [2.45, 2.75) is 13.2 Å². The molecule has 0 amide bonds. The number of nitro groups is 2. The number of non-ortho nitro benzene ring substituents is 2. The monoisotopic (exact) mass is 554 g/mol. The third kappa shape index (κ3) is 13.4. The summed E-state index contributed by atoms with van der Waals surface area (Å²) in [6.45, 7) is -0.437. The summed E-state index contributed by atoms with van der Waals surface area (Å²) < 4.78 is 50.5. The van der Waals surface area contributed by atoms with Crippen LogP contribution in [-0.2, 0) is 78.6 Å². The topological polar surface area (TPSA) is 185 Å². The van der Waals surface area contributed by atoms with Gasteiger partial charge in [0.25, 0.3) is 11.4 Å². The molecule has 0 fully saturated rings. The Kier molecular flexibility index (Phi) is 12.3. The third-order valence-electron chi connectivity index (χ3n) is 3.03. The molecule has 0 aliphatic rings. The van der Waals surface area contributed by atoms with Crippen molar-refractivity contribution in [3.8, 4) is 0 Å². The summed E-state index contributed by atoms with van der Waals surface area (Å²) in [4.78, 5) is 19.5. The molecule has 12 nitrogen and oxygen atoms in total. The molecule has 0 radical (unpaired) electrons. The molecular weight excluding hydrogens is 543 g/mol. The van der Waals surface area contributed by atoms with Crippen molar-refractivity contribution in [3.05, 3.63) is 79.9 Å². The standard InChI is InChI=1S/2C7H7NO5S2.Ni/c2*9-8(10)7-3-1-6(2-4-7)5-13-15(11,12)14;/h2*1-4H,5H2,(H,11,12,14);/q;;+2/p-2. The summed E-state index contributed by atoms with van der Waals surface area (Å²) >= 11 is 7.99. The largest absolute Gasteiger partial charge is 2.00 e. The van der Waals surface area contributed by atoms with E-state index in [1.54, 1.807) is 0 Å². The zero-order chi connectivity index (χ0) is 22.9. The smallest absolute Gasteiger partial charge is 0.748 e. The van der Waals surface area contributed by atoms with E-state index in [4.69, 9.17) is 0 Å². The predicted octanol–water partition coefficient (Wildman–Crippen LogP) is 1.80. The maximum atomic E-state index is 10.5. The molecule has 0 bridgehead atoms. The van der Waals surface area contributed by atoms with Crippen LogP contribution in [0.25, 0.3) is 0 Å². The average Bonchev–Trinajstić information content (AvgIpc) is 2.65. The first kappa shape index (κ1) is 29.3. The molecule has 172 valence electrons. The van der Waals surface area contributed by atoms with Crippen molar-refractivity contribution in [3.63, 3.8) is 0 Å². The molecule has 2 unspecified atom stereocenters. The molecule has 0 aromatic heterocycles. The summed E-state index contributed by atoms with van der Waals surface area (Å²) in [5, 5.41) is 20.6. The predicted molar refractivity (Wildman–Crippen MR) is 108 cm³/mol. The van der Waals surface area contributed by atoms with Crippen LogP contribution in [-0.4, -0.2) is 27.4 Å². The van der Waals surface area contributed by atoms with Crippen LogP contribution in [0.4, 0.5) is 11.4 Å². The normalized spacial score (nSPS) is 14.0. The second-order valence-electron chi connectivity index (χ2n) is 5.19. The summed E-state index contributed by atoms with van der Waals surface area (Å²) in [6, 6.07) is 10.6. The minimum Gasteiger partial charge on any atom is -0.748 e. The van der Waals surface area contributed by atoms with Crippen LogP contribution >= 0.6 is 0 Å². The Morgan fingerprint density at radius 1 is 0.710 bits per heavy atom. The number of benzene rings is 2. The SMILES string of the molecule is O=[N+]([O-])c1ccc(COS(=O)([O-])=S)cc1.O=[N+]([O-])c1ccc(COS(=O)([O-])=S)cc1.[Ni+2]. The van der Waals surface area contributed by atoms with Crippen molar-refractivity contribution < 1.29 is 52.2 Å². The van der Waals surface area contributed by atoms with Crippen LogP contribution in [0.1, 0.15) is 11.1 Å². The molecule has 2 atom stereocenters. The van der Waals surface area contributed by atoms with E-state index >= 15 is 0 Å². The molecule has 2 rings (SSSR count). The van der Waals surface area contributed by atoms with Crippen molar-refractivity contribution in [1.29, 1.82) is 0 Å². The Hall–Kier alpha value is -1.69. The van der Waals surface area contributed by atoms with E-state index in [0.29, 0.717) is 11.1 Å². The molecule has 0 saturated carbocycles. The van der Waals surface area contributed by atoms with Gasteiger partial charge in [-0.15, -0.1) is 0 Å². The molecule has 0 aliphatic heterocycles. The Morgan fingerprint density at radius 3 is 1.16 bits per heavy atom. The maximum Gasteiger partial charge on any atom is 2.00 e. The Balaban J connectivity index is 0.000000562. The molecule has 17 heteroatoms. The zero-order valence-electron chi connectivity index (χ0n) is 15.0. The fourth-order valence-corrected chi connectivity index (χ4v) is 2.56. The summed E-state index contributed by atoms with van der Waals surface area (Å²) in [6.07, 6.45) is 0. The van der Waals surface area contributed by atoms with Gasteiger partial charge in [-0.2, -0.15) is 0 Å². The van der Waals surface area contributed by atoms with E-state index in [-0.39, 0.29) is 41.1 Å². The van der Waals surface area contributed by atoms with Gasteiger partial charge in [-0.1, -0.05) is 0 Å². The number of rotatable bonds is 8. The van der Waals surface area contributed by atoms with Crippen LogP contribution in [0.5, 0.6) is 0 Å². The molecule has 0 spiro atoms. The van der Waals surface area contributed by atoms with Crippen LogP contribution in [0.15, 0.2) is 48.5 Å². The van der Waals surface area contributed by atoms with E-state index < -0.39 is 28.0 Å². The van der Waals surface area contributed by atoms with Gasteiger partial charge in [0.05, 0.1) is 41.2 Å². The number of nitro benzene ring substituents is 2. The van der Waals surface area contributed by atoms with Gasteiger partial charge in [-0.3, -0.25) is 28.6 Å². The molecule has 2 aromatic rings. The van der Waals surface area contributed by atoms with Crippen molar-refractivity contribution in [1.82, 2.24) is 0 Å².